The zero-order valence-corrected chi connectivity index (χ0v) is 15.4. The molecule has 0 bridgehead atoms. The second-order valence-corrected chi connectivity index (χ2v) is 6.74. The monoisotopic (exact) mass is 433 g/mol. The quantitative estimate of drug-likeness (QED) is 0.545. The molecule has 1 amide bonds. The minimum absolute atomic E-state index is 0.0255. The fourth-order valence-corrected chi connectivity index (χ4v) is 2.86. The van der Waals surface area contributed by atoms with Crippen molar-refractivity contribution in [2.75, 3.05) is 5.32 Å². The Bertz CT molecular complexity index is 1010. The molecule has 2 aromatic heterocycles. The molecular formula is C17H12F5N3O3S. The molecule has 0 aliphatic heterocycles. The number of nitrogens with zero attached hydrogens (tertiary/aromatic N) is 2. The Kier molecular flexibility index (Phi) is 5.55. The topological polar surface area (TPSA) is 77.2 Å². The molecule has 12 heteroatoms. The fraction of sp³-hybridized carbons (Fsp3) is 0.235. The van der Waals surface area contributed by atoms with E-state index in [1.54, 1.807) is 0 Å². The summed E-state index contributed by atoms with van der Waals surface area (Å²) in [6, 6.07) is 6.36. The number of anilines is 1. The van der Waals surface area contributed by atoms with Gasteiger partial charge in [-0.15, -0.1) is 13.2 Å². The molecule has 29 heavy (non-hydrogen) atoms. The number of halogens is 5. The summed E-state index contributed by atoms with van der Waals surface area (Å²) in [5, 5.41) is 2.42. The van der Waals surface area contributed by atoms with E-state index in [2.05, 4.69) is 19.4 Å². The van der Waals surface area contributed by atoms with Gasteiger partial charge in [-0.05, 0) is 25.1 Å². The molecule has 0 unspecified atom stereocenters. The molecule has 0 aliphatic rings. The highest BCUT2D eigenvalue weighted by molar-refractivity contribution is 7.09. The van der Waals surface area contributed by atoms with Crippen molar-refractivity contribution < 1.29 is 35.9 Å². The predicted octanol–water partition coefficient (Wildman–Crippen LogP) is 5.15. The van der Waals surface area contributed by atoms with Gasteiger partial charge in [0.1, 0.15) is 17.8 Å². The Hall–Kier alpha value is -3.02. The fourth-order valence-electron chi connectivity index (χ4n) is 2.28. The summed E-state index contributed by atoms with van der Waals surface area (Å²) in [6.45, 7) is 0.730. The largest absolute Gasteiger partial charge is 0.573 e. The SMILES string of the molecule is CC(F)(F)Cc1nsc(NC(=O)c2coc(-c3cccc(OC(F)(F)F)c3)c2)n1. The van der Waals surface area contributed by atoms with E-state index >= 15 is 0 Å². The van der Waals surface area contributed by atoms with Crippen molar-refractivity contribution in [2.24, 2.45) is 0 Å². The van der Waals surface area contributed by atoms with Gasteiger partial charge in [0, 0.05) is 17.1 Å². The molecule has 0 saturated carbocycles. The lowest BCUT2D eigenvalue weighted by molar-refractivity contribution is -0.274. The normalized spacial score (nSPS) is 12.1. The van der Waals surface area contributed by atoms with Gasteiger partial charge in [-0.1, -0.05) is 12.1 Å². The zero-order chi connectivity index (χ0) is 21.2. The van der Waals surface area contributed by atoms with Crippen LogP contribution in [0.3, 0.4) is 0 Å². The van der Waals surface area contributed by atoms with Gasteiger partial charge in [-0.3, -0.25) is 10.1 Å². The molecule has 0 spiro atoms. The number of furan rings is 1. The van der Waals surface area contributed by atoms with Crippen LogP contribution in [0.4, 0.5) is 27.1 Å². The third-order valence-electron chi connectivity index (χ3n) is 3.37. The number of carbonyl (C=O) groups excluding carboxylic acids is 1. The van der Waals surface area contributed by atoms with Gasteiger partial charge < -0.3 is 9.15 Å². The van der Waals surface area contributed by atoms with Crippen molar-refractivity contribution in [2.45, 2.75) is 25.6 Å². The van der Waals surface area contributed by atoms with Crippen LogP contribution in [-0.4, -0.2) is 27.5 Å². The molecule has 0 saturated heterocycles. The van der Waals surface area contributed by atoms with E-state index < -0.39 is 30.4 Å². The molecule has 1 aromatic carbocycles. The van der Waals surface area contributed by atoms with Crippen LogP contribution in [0.15, 0.2) is 41.0 Å². The van der Waals surface area contributed by atoms with Gasteiger partial charge >= 0.3 is 6.36 Å². The molecule has 0 atom stereocenters. The summed E-state index contributed by atoms with van der Waals surface area (Å²) < 4.78 is 75.8. The lowest BCUT2D eigenvalue weighted by Gasteiger charge is -2.09. The highest BCUT2D eigenvalue weighted by Gasteiger charge is 2.31. The summed E-state index contributed by atoms with van der Waals surface area (Å²) in [7, 11) is 0. The molecular weight excluding hydrogens is 421 g/mol. The predicted molar refractivity (Wildman–Crippen MR) is 93.0 cm³/mol. The smallest absolute Gasteiger partial charge is 0.464 e. The van der Waals surface area contributed by atoms with E-state index in [0.29, 0.717) is 0 Å². The molecule has 6 nitrogen and oxygen atoms in total. The average Bonchev–Trinajstić information content (AvgIpc) is 3.21. The number of rotatable bonds is 6. The summed E-state index contributed by atoms with van der Waals surface area (Å²) >= 11 is 0.744. The van der Waals surface area contributed by atoms with E-state index in [1.807, 2.05) is 0 Å². The van der Waals surface area contributed by atoms with E-state index in [0.717, 1.165) is 36.9 Å². The molecule has 3 aromatic rings. The number of alkyl halides is 5. The van der Waals surface area contributed by atoms with Gasteiger partial charge in [-0.25, -0.2) is 13.8 Å². The summed E-state index contributed by atoms with van der Waals surface area (Å²) in [6.07, 6.45) is -4.40. The van der Waals surface area contributed by atoms with Gasteiger partial charge in [-0.2, -0.15) is 4.37 Å². The standard InChI is InChI=1S/C17H12F5N3O3S/c1-16(18,19)7-13-23-15(29-25-13)24-14(26)10-6-12(27-8-10)9-3-2-4-11(5-9)28-17(20,21)22/h2-6,8H,7H2,1H3,(H,23,24,25,26). The Morgan fingerprint density at radius 1 is 1.24 bits per heavy atom. The first-order valence-electron chi connectivity index (χ1n) is 7.95. The van der Waals surface area contributed by atoms with Crippen LogP contribution in [0.5, 0.6) is 5.75 Å². The molecule has 154 valence electrons. The van der Waals surface area contributed by atoms with Crippen LogP contribution in [-0.2, 0) is 6.42 Å². The Morgan fingerprint density at radius 3 is 2.69 bits per heavy atom. The minimum Gasteiger partial charge on any atom is -0.464 e. The third kappa shape index (κ3) is 5.98. The van der Waals surface area contributed by atoms with Gasteiger partial charge in [0.2, 0.25) is 5.13 Å². The molecule has 0 aliphatic carbocycles. The summed E-state index contributed by atoms with van der Waals surface area (Å²) in [5.41, 5.74) is 0.314. The highest BCUT2D eigenvalue weighted by atomic mass is 32.1. The number of benzene rings is 1. The first-order chi connectivity index (χ1) is 13.5. The zero-order valence-electron chi connectivity index (χ0n) is 14.6. The molecule has 0 radical (unpaired) electrons. The maximum Gasteiger partial charge on any atom is 0.573 e. The highest BCUT2D eigenvalue weighted by Crippen LogP contribution is 2.29. The van der Waals surface area contributed by atoms with Crippen LogP contribution < -0.4 is 10.1 Å². The Balaban J connectivity index is 1.70. The second kappa shape index (κ2) is 7.78. The van der Waals surface area contributed by atoms with E-state index in [-0.39, 0.29) is 27.8 Å². The van der Waals surface area contributed by atoms with E-state index in [1.165, 1.54) is 18.2 Å². The Morgan fingerprint density at radius 2 is 2.00 bits per heavy atom. The van der Waals surface area contributed by atoms with Gasteiger partial charge in [0.15, 0.2) is 5.82 Å². The van der Waals surface area contributed by atoms with Crippen molar-refractivity contribution in [3.8, 4) is 17.1 Å². The van der Waals surface area contributed by atoms with E-state index in [9.17, 15) is 26.7 Å². The number of aromatic nitrogens is 2. The van der Waals surface area contributed by atoms with Crippen LogP contribution in [0, 0.1) is 0 Å². The van der Waals surface area contributed by atoms with Crippen LogP contribution in [0.25, 0.3) is 11.3 Å². The number of nitrogens with one attached hydrogen (secondary N) is 1. The van der Waals surface area contributed by atoms with Crippen molar-refractivity contribution in [1.29, 1.82) is 0 Å². The van der Waals surface area contributed by atoms with Gasteiger partial charge in [0.25, 0.3) is 11.8 Å². The Labute approximate surface area is 164 Å². The maximum absolute atomic E-state index is 13.0. The van der Waals surface area contributed by atoms with Crippen LogP contribution in [0.2, 0.25) is 0 Å². The summed E-state index contributed by atoms with van der Waals surface area (Å²) in [4.78, 5) is 16.1. The molecule has 3 rings (SSSR count). The van der Waals surface area contributed by atoms with Crippen LogP contribution >= 0.6 is 11.5 Å². The third-order valence-corrected chi connectivity index (χ3v) is 4.04. The van der Waals surface area contributed by atoms with Crippen molar-refractivity contribution in [3.63, 3.8) is 0 Å². The van der Waals surface area contributed by atoms with Crippen LogP contribution in [0.1, 0.15) is 23.1 Å². The average molecular weight is 433 g/mol. The number of carbonyl (C=O) groups is 1. The minimum atomic E-state index is -4.84. The van der Waals surface area contributed by atoms with Crippen molar-refractivity contribution >= 4 is 22.6 Å². The molecule has 2 heterocycles. The second-order valence-electron chi connectivity index (χ2n) is 5.99. The number of hydrogen-bond acceptors (Lipinski definition) is 6. The number of hydrogen-bond donors (Lipinski definition) is 1. The molecule has 0 fully saturated rings. The molecule has 1 N–H and O–H groups in total. The first kappa shape index (κ1) is 20.7. The lowest BCUT2D eigenvalue weighted by Crippen LogP contribution is -2.17. The summed E-state index contributed by atoms with van der Waals surface area (Å²) in [5.74, 6) is -4.04. The van der Waals surface area contributed by atoms with Crippen molar-refractivity contribution in [1.82, 2.24) is 9.36 Å². The lowest BCUT2D eigenvalue weighted by atomic mass is 10.1. The number of amides is 1. The number of ether oxygens (including phenoxy) is 1. The van der Waals surface area contributed by atoms with E-state index in [4.69, 9.17) is 4.42 Å². The van der Waals surface area contributed by atoms with Gasteiger partial charge in [0.05, 0.1) is 12.0 Å². The maximum atomic E-state index is 13.0. The van der Waals surface area contributed by atoms with Crippen molar-refractivity contribution in [3.05, 3.63) is 48.0 Å². The first-order valence-corrected chi connectivity index (χ1v) is 8.72.